The minimum atomic E-state index is 0.521. The van der Waals surface area contributed by atoms with Crippen LogP contribution in [0.3, 0.4) is 0 Å². The molecule has 0 radical (unpaired) electrons. The second-order valence-electron chi connectivity index (χ2n) is 5.66. The zero-order valence-electron chi connectivity index (χ0n) is 11.6. The van der Waals surface area contributed by atoms with E-state index >= 15 is 0 Å². The van der Waals surface area contributed by atoms with Crippen molar-refractivity contribution in [1.29, 1.82) is 0 Å². The van der Waals surface area contributed by atoms with Crippen molar-refractivity contribution in [3.63, 3.8) is 0 Å². The summed E-state index contributed by atoms with van der Waals surface area (Å²) in [7, 11) is 0. The van der Waals surface area contributed by atoms with Gasteiger partial charge in [0.25, 0.3) is 0 Å². The molecule has 1 fully saturated rings. The van der Waals surface area contributed by atoms with E-state index < -0.39 is 0 Å². The van der Waals surface area contributed by atoms with Crippen LogP contribution >= 0.6 is 15.9 Å². The van der Waals surface area contributed by atoms with Crippen molar-refractivity contribution in [3.8, 4) is 0 Å². The number of hydrogen-bond acceptors (Lipinski definition) is 1. The van der Waals surface area contributed by atoms with Crippen molar-refractivity contribution in [2.45, 2.75) is 69.7 Å². The molecule has 2 rings (SSSR count). The highest BCUT2D eigenvalue weighted by Crippen LogP contribution is 2.31. The van der Waals surface area contributed by atoms with Crippen LogP contribution in [0.5, 0.6) is 0 Å². The summed E-state index contributed by atoms with van der Waals surface area (Å²) in [5, 5.41) is 4.74. The molecule has 0 amide bonds. The van der Waals surface area contributed by atoms with Crippen LogP contribution in [0.4, 0.5) is 0 Å². The van der Waals surface area contributed by atoms with Crippen molar-refractivity contribution in [2.24, 2.45) is 5.92 Å². The van der Waals surface area contributed by atoms with Gasteiger partial charge in [-0.25, -0.2) is 0 Å². The highest BCUT2D eigenvalue weighted by Gasteiger charge is 2.22. The Morgan fingerprint density at radius 2 is 2.17 bits per heavy atom. The fraction of sp³-hybridized carbons (Fsp3) is 0.800. The number of halogens is 1. The van der Waals surface area contributed by atoms with E-state index in [1.165, 1.54) is 37.8 Å². The predicted octanol–water partition coefficient (Wildman–Crippen LogP) is 4.74. The van der Waals surface area contributed by atoms with Gasteiger partial charge in [0.15, 0.2) is 0 Å². The van der Waals surface area contributed by atoms with Gasteiger partial charge in [-0.1, -0.05) is 42.1 Å². The molecule has 1 heterocycles. The fourth-order valence-electron chi connectivity index (χ4n) is 2.76. The molecule has 1 saturated carbocycles. The second-order valence-corrected chi connectivity index (χ2v) is 6.84. The van der Waals surface area contributed by atoms with Gasteiger partial charge in [-0.05, 0) is 44.6 Å². The molecule has 1 aliphatic rings. The minimum Gasteiger partial charge on any atom is -0.270 e. The molecule has 0 spiro atoms. The number of hydrogen-bond donors (Lipinski definition) is 0. The SMILES string of the molecule is CCC(C)n1ccc(CC2CCCCCC2Br)n1. The van der Waals surface area contributed by atoms with Crippen molar-refractivity contribution >= 4 is 15.9 Å². The van der Waals surface area contributed by atoms with Gasteiger partial charge in [0.05, 0.1) is 5.69 Å². The molecule has 3 atom stereocenters. The molecule has 18 heavy (non-hydrogen) atoms. The van der Waals surface area contributed by atoms with Crippen LogP contribution in [-0.4, -0.2) is 14.6 Å². The summed E-state index contributed by atoms with van der Waals surface area (Å²) in [6.45, 7) is 4.45. The fourth-order valence-corrected chi connectivity index (χ4v) is 3.53. The largest absolute Gasteiger partial charge is 0.270 e. The molecule has 1 aliphatic carbocycles. The third kappa shape index (κ3) is 3.59. The third-order valence-corrected chi connectivity index (χ3v) is 5.45. The maximum absolute atomic E-state index is 4.74. The smallest absolute Gasteiger partial charge is 0.0627 e. The van der Waals surface area contributed by atoms with Crippen molar-refractivity contribution in [1.82, 2.24) is 9.78 Å². The Bertz CT molecular complexity index is 361. The van der Waals surface area contributed by atoms with Crippen molar-refractivity contribution in [2.75, 3.05) is 0 Å². The van der Waals surface area contributed by atoms with Crippen molar-refractivity contribution < 1.29 is 0 Å². The maximum atomic E-state index is 4.74. The van der Waals surface area contributed by atoms with Crippen LogP contribution in [0.2, 0.25) is 0 Å². The molecule has 1 aromatic heterocycles. The van der Waals surface area contributed by atoms with Gasteiger partial charge in [-0.15, -0.1) is 0 Å². The lowest BCUT2D eigenvalue weighted by Crippen LogP contribution is -2.16. The molecule has 0 saturated heterocycles. The van der Waals surface area contributed by atoms with E-state index in [1.807, 2.05) is 0 Å². The molecule has 2 nitrogen and oxygen atoms in total. The van der Waals surface area contributed by atoms with Gasteiger partial charge < -0.3 is 0 Å². The standard InChI is InChI=1S/C15H25BrN2/c1-3-12(2)18-10-9-14(17-18)11-13-7-5-4-6-8-15(13)16/h9-10,12-13,15H,3-8,11H2,1-2H3. The summed E-state index contributed by atoms with van der Waals surface area (Å²) >= 11 is 3.88. The minimum absolute atomic E-state index is 0.521. The lowest BCUT2D eigenvalue weighted by molar-refractivity contribution is 0.447. The maximum Gasteiger partial charge on any atom is 0.0627 e. The Balaban J connectivity index is 1.97. The van der Waals surface area contributed by atoms with E-state index in [1.54, 1.807) is 0 Å². The highest BCUT2D eigenvalue weighted by molar-refractivity contribution is 9.09. The van der Waals surface area contributed by atoms with Gasteiger partial charge in [0, 0.05) is 17.1 Å². The highest BCUT2D eigenvalue weighted by atomic mass is 79.9. The lowest BCUT2D eigenvalue weighted by atomic mass is 9.95. The molecule has 102 valence electrons. The molecular weight excluding hydrogens is 288 g/mol. The first kappa shape index (κ1) is 14.1. The molecule has 3 unspecified atom stereocenters. The average molecular weight is 313 g/mol. The molecular formula is C15H25BrN2. The van der Waals surface area contributed by atoms with E-state index in [4.69, 9.17) is 5.10 Å². The van der Waals surface area contributed by atoms with Crippen LogP contribution in [0.1, 0.15) is 64.1 Å². The van der Waals surface area contributed by atoms with E-state index in [0.717, 1.165) is 18.8 Å². The predicted molar refractivity (Wildman–Crippen MR) is 80.2 cm³/mol. The summed E-state index contributed by atoms with van der Waals surface area (Å²) in [5.74, 6) is 0.771. The Kier molecular flexibility index (Phi) is 5.28. The summed E-state index contributed by atoms with van der Waals surface area (Å²) in [4.78, 5) is 0.689. The topological polar surface area (TPSA) is 17.8 Å². The first-order valence-corrected chi connectivity index (χ1v) is 8.30. The number of aromatic nitrogens is 2. The quantitative estimate of drug-likeness (QED) is 0.580. The zero-order valence-corrected chi connectivity index (χ0v) is 13.2. The summed E-state index contributed by atoms with van der Waals surface area (Å²) in [6, 6.07) is 2.73. The third-order valence-electron chi connectivity index (χ3n) is 4.24. The molecule has 3 heteroatoms. The van der Waals surface area contributed by atoms with Gasteiger partial charge in [-0.3, -0.25) is 4.68 Å². The number of alkyl halides is 1. The van der Waals surface area contributed by atoms with Gasteiger partial charge in [-0.2, -0.15) is 5.10 Å². The summed E-state index contributed by atoms with van der Waals surface area (Å²) < 4.78 is 2.12. The molecule has 0 bridgehead atoms. The zero-order chi connectivity index (χ0) is 13.0. The van der Waals surface area contributed by atoms with Crippen LogP contribution in [-0.2, 0) is 6.42 Å². The Hall–Kier alpha value is -0.310. The summed E-state index contributed by atoms with van der Waals surface area (Å²) in [6.07, 6.45) is 11.3. The second kappa shape index (κ2) is 6.74. The van der Waals surface area contributed by atoms with Crippen LogP contribution < -0.4 is 0 Å². The molecule has 0 aromatic carbocycles. The number of nitrogens with zero attached hydrogens (tertiary/aromatic N) is 2. The van der Waals surface area contributed by atoms with Crippen LogP contribution in [0.15, 0.2) is 12.3 Å². The first-order valence-electron chi connectivity index (χ1n) is 7.38. The van der Waals surface area contributed by atoms with E-state index in [-0.39, 0.29) is 0 Å². The van der Waals surface area contributed by atoms with Crippen molar-refractivity contribution in [3.05, 3.63) is 18.0 Å². The Morgan fingerprint density at radius 1 is 1.39 bits per heavy atom. The van der Waals surface area contributed by atoms with Crippen LogP contribution in [0.25, 0.3) is 0 Å². The van der Waals surface area contributed by atoms with E-state index in [9.17, 15) is 0 Å². The molecule has 0 aliphatic heterocycles. The average Bonchev–Trinajstić information content (AvgIpc) is 2.75. The van der Waals surface area contributed by atoms with Crippen LogP contribution in [0, 0.1) is 5.92 Å². The van der Waals surface area contributed by atoms with E-state index in [0.29, 0.717) is 10.9 Å². The van der Waals surface area contributed by atoms with Gasteiger partial charge in [0.2, 0.25) is 0 Å². The Morgan fingerprint density at radius 3 is 2.94 bits per heavy atom. The van der Waals surface area contributed by atoms with Gasteiger partial charge >= 0.3 is 0 Å². The van der Waals surface area contributed by atoms with Gasteiger partial charge in [0.1, 0.15) is 0 Å². The normalized spacial score (nSPS) is 26.8. The molecule has 1 aromatic rings. The lowest BCUT2D eigenvalue weighted by Gasteiger charge is -2.18. The first-order chi connectivity index (χ1) is 8.70. The van der Waals surface area contributed by atoms with E-state index in [2.05, 4.69) is 46.7 Å². The number of rotatable bonds is 4. The summed E-state index contributed by atoms with van der Waals surface area (Å²) in [5.41, 5.74) is 1.27. The monoisotopic (exact) mass is 312 g/mol. The Labute approximate surface area is 119 Å². The molecule has 0 N–H and O–H groups in total.